The van der Waals surface area contributed by atoms with Crippen molar-refractivity contribution in [2.24, 2.45) is 0 Å². The molecule has 20 heavy (non-hydrogen) atoms. The van der Waals surface area contributed by atoms with Crippen molar-refractivity contribution >= 4 is 32.6 Å². The molecule has 1 aliphatic rings. The number of anilines is 1. The maximum absolute atomic E-state index is 6.03. The third kappa shape index (κ3) is 1.96. The predicted molar refractivity (Wildman–Crippen MR) is 82.2 cm³/mol. The minimum atomic E-state index is -0.101. The minimum absolute atomic E-state index is 0.101. The van der Waals surface area contributed by atoms with Gasteiger partial charge >= 0.3 is 0 Å². The molecule has 100 valence electrons. The van der Waals surface area contributed by atoms with Crippen LogP contribution in [-0.2, 0) is 0 Å². The highest BCUT2D eigenvalue weighted by molar-refractivity contribution is 9.10. The number of nitrogens with one attached hydrogen (secondary N) is 1. The molecule has 0 fully saturated rings. The Kier molecular flexibility index (Phi) is 2.70. The lowest BCUT2D eigenvalue weighted by Gasteiger charge is -2.26. The van der Waals surface area contributed by atoms with Crippen molar-refractivity contribution in [3.8, 4) is 5.75 Å². The van der Waals surface area contributed by atoms with Crippen LogP contribution in [0.2, 0.25) is 0 Å². The standard InChI is InChI=1S/C16H12BrNO2/c17-11-5-6-14-12(8-11)18-9-16(20-14)15-7-10-3-1-2-4-13(10)19-15/h1-8,16,18H,9H2. The summed E-state index contributed by atoms with van der Waals surface area (Å²) >= 11 is 3.46. The second-order valence-electron chi connectivity index (χ2n) is 4.81. The van der Waals surface area contributed by atoms with Gasteiger partial charge in [0.05, 0.1) is 12.2 Å². The molecule has 1 unspecified atom stereocenters. The van der Waals surface area contributed by atoms with Gasteiger partial charge in [-0.25, -0.2) is 0 Å². The van der Waals surface area contributed by atoms with Crippen LogP contribution in [0.25, 0.3) is 11.0 Å². The maximum atomic E-state index is 6.03. The molecule has 0 bridgehead atoms. The maximum Gasteiger partial charge on any atom is 0.173 e. The monoisotopic (exact) mass is 329 g/mol. The zero-order valence-corrected chi connectivity index (χ0v) is 12.2. The highest BCUT2D eigenvalue weighted by atomic mass is 79.9. The SMILES string of the molecule is Brc1ccc2c(c1)NCC(c1cc3ccccc3o1)O2. The third-order valence-electron chi connectivity index (χ3n) is 3.45. The Balaban J connectivity index is 1.69. The number of para-hydroxylation sites is 1. The van der Waals surface area contributed by atoms with E-state index in [1.807, 2.05) is 48.5 Å². The van der Waals surface area contributed by atoms with Gasteiger partial charge < -0.3 is 14.5 Å². The third-order valence-corrected chi connectivity index (χ3v) is 3.94. The van der Waals surface area contributed by atoms with Crippen molar-refractivity contribution in [2.75, 3.05) is 11.9 Å². The van der Waals surface area contributed by atoms with E-state index in [2.05, 4.69) is 21.2 Å². The fourth-order valence-corrected chi connectivity index (χ4v) is 2.82. The van der Waals surface area contributed by atoms with Gasteiger partial charge in [-0.2, -0.15) is 0 Å². The molecule has 0 aliphatic carbocycles. The van der Waals surface area contributed by atoms with Crippen LogP contribution in [-0.4, -0.2) is 6.54 Å². The lowest BCUT2D eigenvalue weighted by molar-refractivity contribution is 0.183. The summed E-state index contributed by atoms with van der Waals surface area (Å²) in [4.78, 5) is 0. The number of furan rings is 1. The molecule has 4 rings (SSSR count). The van der Waals surface area contributed by atoms with Crippen LogP contribution < -0.4 is 10.1 Å². The predicted octanol–water partition coefficient (Wildman–Crippen LogP) is 4.74. The first-order valence-corrected chi connectivity index (χ1v) is 7.27. The van der Waals surface area contributed by atoms with Gasteiger partial charge in [-0.3, -0.25) is 0 Å². The van der Waals surface area contributed by atoms with E-state index in [-0.39, 0.29) is 6.10 Å². The van der Waals surface area contributed by atoms with Crippen molar-refractivity contribution in [3.05, 3.63) is 58.8 Å². The van der Waals surface area contributed by atoms with Crippen molar-refractivity contribution < 1.29 is 9.15 Å². The Hall–Kier alpha value is -1.94. The van der Waals surface area contributed by atoms with Gasteiger partial charge in [-0.05, 0) is 30.3 Å². The molecular formula is C16H12BrNO2. The van der Waals surface area contributed by atoms with Crippen molar-refractivity contribution in [1.82, 2.24) is 0 Å². The molecule has 1 aliphatic heterocycles. The fourth-order valence-electron chi connectivity index (χ4n) is 2.46. The summed E-state index contributed by atoms with van der Waals surface area (Å²) in [6.45, 7) is 0.698. The normalized spacial score (nSPS) is 17.4. The first-order valence-electron chi connectivity index (χ1n) is 6.48. The number of hydrogen-bond acceptors (Lipinski definition) is 3. The summed E-state index contributed by atoms with van der Waals surface area (Å²) in [6, 6.07) is 16.0. The Morgan fingerprint density at radius 2 is 2.00 bits per heavy atom. The van der Waals surface area contributed by atoms with Crippen LogP contribution >= 0.6 is 15.9 Å². The molecular weight excluding hydrogens is 318 g/mol. The summed E-state index contributed by atoms with van der Waals surface area (Å²) in [6.07, 6.45) is -0.101. The number of ether oxygens (including phenoxy) is 1. The molecule has 1 aromatic heterocycles. The topological polar surface area (TPSA) is 34.4 Å². The van der Waals surface area contributed by atoms with E-state index in [4.69, 9.17) is 9.15 Å². The van der Waals surface area contributed by atoms with E-state index in [1.165, 1.54) is 0 Å². The summed E-state index contributed by atoms with van der Waals surface area (Å²) in [5, 5.41) is 4.49. The van der Waals surface area contributed by atoms with Crippen molar-refractivity contribution in [2.45, 2.75) is 6.10 Å². The highest BCUT2D eigenvalue weighted by Crippen LogP contribution is 2.37. The number of rotatable bonds is 1. The highest BCUT2D eigenvalue weighted by Gasteiger charge is 2.24. The Labute approximate surface area is 124 Å². The first-order chi connectivity index (χ1) is 9.79. The minimum Gasteiger partial charge on any atom is -0.478 e. The zero-order valence-electron chi connectivity index (χ0n) is 10.6. The molecule has 1 atom stereocenters. The van der Waals surface area contributed by atoms with Gasteiger partial charge in [0.25, 0.3) is 0 Å². The van der Waals surface area contributed by atoms with Crippen LogP contribution in [0.15, 0.2) is 57.4 Å². The van der Waals surface area contributed by atoms with Gasteiger partial charge in [0.1, 0.15) is 17.1 Å². The average molecular weight is 330 g/mol. The van der Waals surface area contributed by atoms with Gasteiger partial charge in [0.15, 0.2) is 6.10 Å². The molecule has 0 spiro atoms. The summed E-state index contributed by atoms with van der Waals surface area (Å²) in [5.74, 6) is 1.71. The smallest absolute Gasteiger partial charge is 0.173 e. The molecule has 2 aromatic carbocycles. The lowest BCUT2D eigenvalue weighted by atomic mass is 10.2. The first kappa shape index (κ1) is 11.9. The quantitative estimate of drug-likeness (QED) is 0.700. The second kappa shape index (κ2) is 4.56. The van der Waals surface area contributed by atoms with E-state index in [0.29, 0.717) is 6.54 Å². The van der Waals surface area contributed by atoms with Crippen LogP contribution in [0.5, 0.6) is 5.75 Å². The van der Waals surface area contributed by atoms with E-state index in [9.17, 15) is 0 Å². The molecule has 3 aromatic rings. The van der Waals surface area contributed by atoms with E-state index < -0.39 is 0 Å². The average Bonchev–Trinajstić information content (AvgIpc) is 2.90. The van der Waals surface area contributed by atoms with E-state index >= 15 is 0 Å². The number of fused-ring (bicyclic) bond motifs is 2. The second-order valence-corrected chi connectivity index (χ2v) is 5.73. The largest absolute Gasteiger partial charge is 0.478 e. The van der Waals surface area contributed by atoms with Gasteiger partial charge in [-0.1, -0.05) is 34.1 Å². The van der Waals surface area contributed by atoms with Crippen molar-refractivity contribution in [1.29, 1.82) is 0 Å². The molecule has 0 radical (unpaired) electrons. The fraction of sp³-hybridized carbons (Fsp3) is 0.125. The van der Waals surface area contributed by atoms with Crippen molar-refractivity contribution in [3.63, 3.8) is 0 Å². The van der Waals surface area contributed by atoms with Gasteiger partial charge in [-0.15, -0.1) is 0 Å². The molecule has 1 N–H and O–H groups in total. The summed E-state index contributed by atoms with van der Waals surface area (Å²) in [5.41, 5.74) is 1.90. The summed E-state index contributed by atoms with van der Waals surface area (Å²) in [7, 11) is 0. The molecule has 4 heteroatoms. The zero-order chi connectivity index (χ0) is 13.5. The molecule has 0 saturated heterocycles. The van der Waals surface area contributed by atoms with E-state index in [0.717, 1.165) is 32.6 Å². The van der Waals surface area contributed by atoms with Crippen LogP contribution in [0.3, 0.4) is 0 Å². The number of halogens is 1. The van der Waals surface area contributed by atoms with Crippen LogP contribution in [0, 0.1) is 0 Å². The molecule has 0 amide bonds. The lowest BCUT2D eigenvalue weighted by Crippen LogP contribution is -2.23. The number of benzene rings is 2. The molecule has 3 nitrogen and oxygen atoms in total. The number of hydrogen-bond donors (Lipinski definition) is 1. The molecule has 2 heterocycles. The van der Waals surface area contributed by atoms with Gasteiger partial charge in [0.2, 0.25) is 0 Å². The molecule has 0 saturated carbocycles. The summed E-state index contributed by atoms with van der Waals surface area (Å²) < 4.78 is 12.9. The van der Waals surface area contributed by atoms with E-state index in [1.54, 1.807) is 0 Å². The van der Waals surface area contributed by atoms with Gasteiger partial charge in [0, 0.05) is 9.86 Å². The Morgan fingerprint density at radius 3 is 2.90 bits per heavy atom. The Morgan fingerprint density at radius 1 is 1.10 bits per heavy atom. The Bertz CT molecular complexity index is 748. The van der Waals surface area contributed by atoms with Crippen LogP contribution in [0.4, 0.5) is 5.69 Å². The van der Waals surface area contributed by atoms with Crippen LogP contribution in [0.1, 0.15) is 11.9 Å².